The van der Waals surface area contributed by atoms with Crippen molar-refractivity contribution in [3.8, 4) is 0 Å². The molecule has 0 aromatic heterocycles. The zero-order valence-corrected chi connectivity index (χ0v) is 8.38. The summed E-state index contributed by atoms with van der Waals surface area (Å²) in [6, 6.07) is 0. The average Bonchev–Trinajstić information content (AvgIpc) is 2.62. The summed E-state index contributed by atoms with van der Waals surface area (Å²) < 4.78 is 0. The van der Waals surface area contributed by atoms with Crippen LogP contribution >= 0.6 is 0 Å². The molecular formula is C12H18O. The van der Waals surface area contributed by atoms with Gasteiger partial charge in [-0.1, -0.05) is 38.3 Å². The van der Waals surface area contributed by atoms with Crippen LogP contribution in [0.2, 0.25) is 0 Å². The number of ketones is 1. The SMILES string of the molecule is CCCCCC12C=CC(CC1=O)C2. The Labute approximate surface area is 80.2 Å². The number of hydrogen-bond donors (Lipinski definition) is 0. The van der Waals surface area contributed by atoms with Gasteiger partial charge in [-0.3, -0.25) is 4.79 Å². The van der Waals surface area contributed by atoms with Gasteiger partial charge in [-0.25, -0.2) is 0 Å². The molecule has 1 fully saturated rings. The topological polar surface area (TPSA) is 17.1 Å². The smallest absolute Gasteiger partial charge is 0.143 e. The van der Waals surface area contributed by atoms with Crippen LogP contribution in [0.15, 0.2) is 12.2 Å². The fraction of sp³-hybridized carbons (Fsp3) is 0.750. The van der Waals surface area contributed by atoms with Crippen LogP contribution in [0.4, 0.5) is 0 Å². The monoisotopic (exact) mass is 178 g/mol. The molecule has 1 saturated carbocycles. The van der Waals surface area contributed by atoms with E-state index in [1.165, 1.54) is 19.3 Å². The lowest BCUT2D eigenvalue weighted by molar-refractivity contribution is -0.124. The van der Waals surface area contributed by atoms with Gasteiger partial charge in [-0.05, 0) is 18.8 Å². The first-order chi connectivity index (χ1) is 6.27. The second kappa shape index (κ2) is 3.28. The highest BCUT2D eigenvalue weighted by Crippen LogP contribution is 2.49. The molecule has 0 aromatic carbocycles. The molecule has 1 nitrogen and oxygen atoms in total. The Morgan fingerprint density at radius 1 is 1.54 bits per heavy atom. The fourth-order valence-corrected chi connectivity index (χ4v) is 2.73. The van der Waals surface area contributed by atoms with Gasteiger partial charge in [0, 0.05) is 11.8 Å². The Bertz CT molecular complexity index is 242. The zero-order chi connectivity index (χ0) is 9.31. The lowest BCUT2D eigenvalue weighted by Gasteiger charge is -2.21. The van der Waals surface area contributed by atoms with E-state index in [-0.39, 0.29) is 5.41 Å². The zero-order valence-electron chi connectivity index (χ0n) is 8.38. The third kappa shape index (κ3) is 1.45. The first kappa shape index (κ1) is 8.98. The van der Waals surface area contributed by atoms with Crippen LogP contribution in [0.25, 0.3) is 0 Å². The maximum Gasteiger partial charge on any atom is 0.143 e. The highest BCUT2D eigenvalue weighted by Gasteiger charge is 2.46. The summed E-state index contributed by atoms with van der Waals surface area (Å²) in [4.78, 5) is 11.7. The van der Waals surface area contributed by atoms with Crippen molar-refractivity contribution in [2.75, 3.05) is 0 Å². The van der Waals surface area contributed by atoms with E-state index in [1.54, 1.807) is 0 Å². The molecule has 2 rings (SSSR count). The van der Waals surface area contributed by atoms with Gasteiger partial charge in [0.1, 0.15) is 5.78 Å². The molecule has 1 heteroatoms. The summed E-state index contributed by atoms with van der Waals surface area (Å²) in [5.74, 6) is 1.10. The van der Waals surface area contributed by atoms with Gasteiger partial charge < -0.3 is 0 Å². The largest absolute Gasteiger partial charge is 0.299 e. The summed E-state index contributed by atoms with van der Waals surface area (Å²) in [7, 11) is 0. The molecule has 0 aromatic rings. The Hall–Kier alpha value is -0.590. The predicted octanol–water partition coefficient (Wildman–Crippen LogP) is 3.10. The van der Waals surface area contributed by atoms with Gasteiger partial charge in [0.15, 0.2) is 0 Å². The number of carbonyl (C=O) groups is 1. The maximum atomic E-state index is 11.7. The van der Waals surface area contributed by atoms with Crippen molar-refractivity contribution in [2.24, 2.45) is 11.3 Å². The van der Waals surface area contributed by atoms with Crippen molar-refractivity contribution in [3.05, 3.63) is 12.2 Å². The van der Waals surface area contributed by atoms with E-state index in [4.69, 9.17) is 0 Å². The molecule has 2 unspecified atom stereocenters. The van der Waals surface area contributed by atoms with Gasteiger partial charge in [-0.2, -0.15) is 0 Å². The van der Waals surface area contributed by atoms with Crippen LogP contribution in [-0.2, 0) is 4.79 Å². The van der Waals surface area contributed by atoms with Crippen molar-refractivity contribution >= 4 is 5.78 Å². The van der Waals surface area contributed by atoms with E-state index in [0.29, 0.717) is 11.7 Å². The van der Waals surface area contributed by atoms with Gasteiger partial charge in [0.25, 0.3) is 0 Å². The molecule has 0 radical (unpaired) electrons. The number of unbranched alkanes of at least 4 members (excludes halogenated alkanes) is 2. The van der Waals surface area contributed by atoms with Crippen LogP contribution in [0.5, 0.6) is 0 Å². The third-order valence-electron chi connectivity index (χ3n) is 3.54. The fourth-order valence-electron chi connectivity index (χ4n) is 2.73. The molecule has 0 amide bonds. The lowest BCUT2D eigenvalue weighted by Crippen LogP contribution is -2.22. The second-order valence-electron chi connectivity index (χ2n) is 4.56. The predicted molar refractivity (Wildman–Crippen MR) is 53.4 cm³/mol. The van der Waals surface area contributed by atoms with Crippen molar-refractivity contribution < 1.29 is 4.79 Å². The lowest BCUT2D eigenvalue weighted by atomic mass is 9.81. The van der Waals surface area contributed by atoms with Gasteiger partial charge in [0.2, 0.25) is 0 Å². The number of allylic oxidation sites excluding steroid dienone is 2. The van der Waals surface area contributed by atoms with Crippen molar-refractivity contribution in [1.82, 2.24) is 0 Å². The minimum atomic E-state index is -0.000162. The molecule has 0 saturated heterocycles. The molecule has 2 bridgehead atoms. The van der Waals surface area contributed by atoms with E-state index in [9.17, 15) is 4.79 Å². The third-order valence-corrected chi connectivity index (χ3v) is 3.54. The molecule has 0 aliphatic heterocycles. The average molecular weight is 178 g/mol. The first-order valence-electron chi connectivity index (χ1n) is 5.49. The minimum absolute atomic E-state index is 0.000162. The van der Waals surface area contributed by atoms with Crippen molar-refractivity contribution in [3.63, 3.8) is 0 Å². The number of fused-ring (bicyclic) bond motifs is 2. The second-order valence-corrected chi connectivity index (χ2v) is 4.56. The molecule has 13 heavy (non-hydrogen) atoms. The van der Waals surface area contributed by atoms with E-state index < -0.39 is 0 Å². The van der Waals surface area contributed by atoms with Crippen LogP contribution in [0.3, 0.4) is 0 Å². The summed E-state index contributed by atoms with van der Waals surface area (Å²) in [5.41, 5.74) is -0.000162. The highest BCUT2D eigenvalue weighted by atomic mass is 16.1. The van der Waals surface area contributed by atoms with Gasteiger partial charge in [0.05, 0.1) is 0 Å². The number of Topliss-reactive ketones (excluding diaryl/α,β-unsaturated/α-hetero) is 1. The summed E-state index contributed by atoms with van der Waals surface area (Å²) in [5, 5.41) is 0. The molecule has 2 aliphatic rings. The van der Waals surface area contributed by atoms with E-state index >= 15 is 0 Å². The Kier molecular flexibility index (Phi) is 2.27. The van der Waals surface area contributed by atoms with E-state index in [1.807, 2.05) is 0 Å². The first-order valence-corrected chi connectivity index (χ1v) is 5.49. The van der Waals surface area contributed by atoms with E-state index in [0.717, 1.165) is 19.3 Å². The van der Waals surface area contributed by atoms with Crippen LogP contribution < -0.4 is 0 Å². The van der Waals surface area contributed by atoms with Crippen molar-refractivity contribution in [1.29, 1.82) is 0 Å². The Morgan fingerprint density at radius 2 is 2.38 bits per heavy atom. The quantitative estimate of drug-likeness (QED) is 0.477. The minimum Gasteiger partial charge on any atom is -0.299 e. The van der Waals surface area contributed by atoms with Crippen molar-refractivity contribution in [2.45, 2.75) is 45.4 Å². The molecule has 2 atom stereocenters. The molecule has 0 spiro atoms. The van der Waals surface area contributed by atoms with Gasteiger partial charge >= 0.3 is 0 Å². The Morgan fingerprint density at radius 3 is 2.92 bits per heavy atom. The summed E-state index contributed by atoms with van der Waals surface area (Å²) in [6.45, 7) is 2.21. The van der Waals surface area contributed by atoms with Crippen LogP contribution in [0, 0.1) is 11.3 Å². The molecule has 2 aliphatic carbocycles. The van der Waals surface area contributed by atoms with Crippen LogP contribution in [0.1, 0.15) is 45.4 Å². The summed E-state index contributed by atoms with van der Waals surface area (Å²) >= 11 is 0. The standard InChI is InChI=1S/C12H18O/c1-2-3-4-6-12-7-5-10(9-12)8-11(12)13/h5,7,10H,2-4,6,8-9H2,1H3. The molecule has 0 N–H and O–H groups in total. The number of carbonyl (C=O) groups excluding carboxylic acids is 1. The molecule has 0 heterocycles. The Balaban J connectivity index is 1.96. The molecular weight excluding hydrogens is 160 g/mol. The van der Waals surface area contributed by atoms with Crippen LogP contribution in [-0.4, -0.2) is 5.78 Å². The summed E-state index contributed by atoms with van der Waals surface area (Å²) in [6.07, 6.45) is 11.2. The highest BCUT2D eigenvalue weighted by molar-refractivity contribution is 5.90. The normalized spacial score (nSPS) is 36.1. The number of rotatable bonds is 4. The number of hydrogen-bond acceptors (Lipinski definition) is 1. The van der Waals surface area contributed by atoms with E-state index in [2.05, 4.69) is 19.1 Å². The van der Waals surface area contributed by atoms with Gasteiger partial charge in [-0.15, -0.1) is 0 Å². The molecule has 72 valence electrons. The maximum absolute atomic E-state index is 11.7.